The van der Waals surface area contributed by atoms with Crippen molar-refractivity contribution >= 4 is 11.6 Å². The summed E-state index contributed by atoms with van der Waals surface area (Å²) in [6.07, 6.45) is 1.52. The Morgan fingerprint density at radius 2 is 1.73 bits per heavy atom. The third-order valence-electron chi connectivity index (χ3n) is 4.28. The summed E-state index contributed by atoms with van der Waals surface area (Å²) >= 11 is 0. The Morgan fingerprint density at radius 1 is 1.00 bits per heavy atom. The first kappa shape index (κ1) is 17.6. The number of pyridine rings is 1. The summed E-state index contributed by atoms with van der Waals surface area (Å²) in [5.41, 5.74) is 3.87. The maximum atomic E-state index is 13.0. The predicted octanol–water partition coefficient (Wildman–Crippen LogP) is 3.90. The van der Waals surface area contributed by atoms with Crippen molar-refractivity contribution in [3.63, 3.8) is 0 Å². The Kier molecular flexibility index (Phi) is 4.98. The average molecular weight is 350 g/mol. The molecular formula is C21H19FN2O2. The van der Waals surface area contributed by atoms with E-state index in [-0.39, 0.29) is 23.8 Å². The second-order valence-corrected chi connectivity index (χ2v) is 6.26. The lowest BCUT2D eigenvalue weighted by Gasteiger charge is -2.10. The molecule has 0 aliphatic carbocycles. The number of rotatable bonds is 4. The third kappa shape index (κ3) is 4.06. The van der Waals surface area contributed by atoms with E-state index in [1.54, 1.807) is 12.1 Å². The van der Waals surface area contributed by atoms with Gasteiger partial charge in [-0.1, -0.05) is 18.2 Å². The normalized spacial score (nSPS) is 10.6. The minimum atomic E-state index is -0.331. The lowest BCUT2D eigenvalue weighted by molar-refractivity contribution is 0.102. The smallest absolute Gasteiger partial charge is 0.257 e. The summed E-state index contributed by atoms with van der Waals surface area (Å²) in [6, 6.07) is 14.5. The van der Waals surface area contributed by atoms with Crippen LogP contribution in [0.1, 0.15) is 27.0 Å². The molecule has 5 heteroatoms. The Hall–Kier alpha value is -3.21. The number of halogens is 1. The molecule has 0 aliphatic heterocycles. The number of carbonyl (C=O) groups excluding carboxylic acids is 1. The minimum absolute atomic E-state index is 0.225. The van der Waals surface area contributed by atoms with E-state index < -0.39 is 0 Å². The first-order valence-corrected chi connectivity index (χ1v) is 8.26. The zero-order chi connectivity index (χ0) is 18.7. The Morgan fingerprint density at radius 3 is 2.42 bits per heavy atom. The highest BCUT2D eigenvalue weighted by molar-refractivity contribution is 6.04. The number of hydrogen-bond acceptors (Lipinski definition) is 2. The van der Waals surface area contributed by atoms with E-state index in [0.717, 1.165) is 16.7 Å². The van der Waals surface area contributed by atoms with Crippen LogP contribution in [0.5, 0.6) is 0 Å². The average Bonchev–Trinajstić information content (AvgIpc) is 2.62. The van der Waals surface area contributed by atoms with Crippen molar-refractivity contribution < 1.29 is 9.18 Å². The molecule has 0 radical (unpaired) electrons. The summed E-state index contributed by atoms with van der Waals surface area (Å²) in [5, 5.41) is 2.84. The SMILES string of the molecule is Cc1ccc(NC(=O)c2ccc(=O)n(Cc3ccc(F)cc3)c2)cc1C. The maximum absolute atomic E-state index is 13.0. The van der Waals surface area contributed by atoms with Crippen LogP contribution in [0, 0.1) is 19.7 Å². The van der Waals surface area contributed by atoms with Crippen molar-refractivity contribution in [3.8, 4) is 0 Å². The molecule has 3 rings (SSSR count). The fourth-order valence-electron chi connectivity index (χ4n) is 2.60. The summed E-state index contributed by atoms with van der Waals surface area (Å²) in [6.45, 7) is 4.25. The molecule has 4 nitrogen and oxygen atoms in total. The number of aromatic nitrogens is 1. The lowest BCUT2D eigenvalue weighted by Crippen LogP contribution is -2.22. The minimum Gasteiger partial charge on any atom is -0.322 e. The predicted molar refractivity (Wildman–Crippen MR) is 100 cm³/mol. The first-order chi connectivity index (χ1) is 12.4. The first-order valence-electron chi connectivity index (χ1n) is 8.26. The molecule has 0 saturated heterocycles. The fraction of sp³-hybridized carbons (Fsp3) is 0.143. The summed E-state index contributed by atoms with van der Waals surface area (Å²) in [5.74, 6) is -0.622. The van der Waals surface area contributed by atoms with E-state index in [9.17, 15) is 14.0 Å². The number of hydrogen-bond donors (Lipinski definition) is 1. The van der Waals surface area contributed by atoms with Crippen molar-refractivity contribution in [1.82, 2.24) is 4.57 Å². The summed E-state index contributed by atoms with van der Waals surface area (Å²) in [4.78, 5) is 24.6. The number of aryl methyl sites for hydroxylation is 2. The van der Waals surface area contributed by atoms with Gasteiger partial charge in [-0.25, -0.2) is 4.39 Å². The Bertz CT molecular complexity index is 1010. The second kappa shape index (κ2) is 7.35. The van der Waals surface area contributed by atoms with Gasteiger partial charge in [0.05, 0.1) is 12.1 Å². The van der Waals surface area contributed by atoms with Crippen LogP contribution in [0.2, 0.25) is 0 Å². The molecule has 0 spiro atoms. The molecule has 0 bridgehead atoms. The molecule has 1 N–H and O–H groups in total. The van der Waals surface area contributed by atoms with Gasteiger partial charge in [-0.15, -0.1) is 0 Å². The largest absolute Gasteiger partial charge is 0.322 e. The number of amides is 1. The highest BCUT2D eigenvalue weighted by Crippen LogP contribution is 2.15. The molecule has 1 aromatic heterocycles. The Labute approximate surface area is 150 Å². The zero-order valence-corrected chi connectivity index (χ0v) is 14.6. The van der Waals surface area contributed by atoms with E-state index in [0.29, 0.717) is 11.3 Å². The van der Waals surface area contributed by atoms with Gasteiger partial charge >= 0.3 is 0 Å². The fourth-order valence-corrected chi connectivity index (χ4v) is 2.60. The van der Waals surface area contributed by atoms with Gasteiger partial charge in [0.15, 0.2) is 0 Å². The van der Waals surface area contributed by atoms with Crippen molar-refractivity contribution in [2.75, 3.05) is 5.32 Å². The van der Waals surface area contributed by atoms with Crippen molar-refractivity contribution in [1.29, 1.82) is 0 Å². The van der Waals surface area contributed by atoms with Gasteiger partial charge in [-0.2, -0.15) is 0 Å². The van der Waals surface area contributed by atoms with Crippen LogP contribution in [-0.2, 0) is 6.54 Å². The maximum Gasteiger partial charge on any atom is 0.257 e. The van der Waals surface area contributed by atoms with Crippen LogP contribution in [0.4, 0.5) is 10.1 Å². The highest BCUT2D eigenvalue weighted by Gasteiger charge is 2.09. The van der Waals surface area contributed by atoms with Crippen LogP contribution in [0.15, 0.2) is 65.6 Å². The molecule has 3 aromatic rings. The molecule has 26 heavy (non-hydrogen) atoms. The number of nitrogens with zero attached hydrogens (tertiary/aromatic N) is 1. The van der Waals surface area contributed by atoms with Crippen LogP contribution >= 0.6 is 0 Å². The highest BCUT2D eigenvalue weighted by atomic mass is 19.1. The molecule has 2 aromatic carbocycles. The van der Waals surface area contributed by atoms with E-state index >= 15 is 0 Å². The lowest BCUT2D eigenvalue weighted by atomic mass is 10.1. The molecule has 0 saturated carbocycles. The van der Waals surface area contributed by atoms with Crippen LogP contribution in [-0.4, -0.2) is 10.5 Å². The molecule has 132 valence electrons. The quantitative estimate of drug-likeness (QED) is 0.776. The van der Waals surface area contributed by atoms with Gasteiger partial charge in [0.2, 0.25) is 0 Å². The third-order valence-corrected chi connectivity index (χ3v) is 4.28. The molecule has 0 unspecified atom stereocenters. The second-order valence-electron chi connectivity index (χ2n) is 6.26. The monoisotopic (exact) mass is 350 g/mol. The topological polar surface area (TPSA) is 51.1 Å². The van der Waals surface area contributed by atoms with E-state index in [4.69, 9.17) is 0 Å². The summed E-state index contributed by atoms with van der Waals surface area (Å²) in [7, 11) is 0. The number of anilines is 1. The van der Waals surface area contributed by atoms with Crippen LogP contribution in [0.3, 0.4) is 0 Å². The molecule has 0 fully saturated rings. The zero-order valence-electron chi connectivity index (χ0n) is 14.6. The molecule has 0 aliphatic rings. The van der Waals surface area contributed by atoms with Gasteiger partial charge in [0, 0.05) is 18.0 Å². The molecule has 1 amide bonds. The van der Waals surface area contributed by atoms with Gasteiger partial charge in [0.25, 0.3) is 11.5 Å². The van der Waals surface area contributed by atoms with Gasteiger partial charge in [0.1, 0.15) is 5.82 Å². The van der Waals surface area contributed by atoms with Crippen LogP contribution < -0.4 is 10.9 Å². The standard InChI is InChI=1S/C21H19FN2O2/c1-14-3-9-19(11-15(14)2)23-21(26)17-6-10-20(25)24(13-17)12-16-4-7-18(22)8-5-16/h3-11,13H,12H2,1-2H3,(H,23,26). The van der Waals surface area contributed by atoms with Gasteiger partial charge in [-0.05, 0) is 60.9 Å². The number of nitrogens with one attached hydrogen (secondary N) is 1. The van der Waals surface area contributed by atoms with Crippen LogP contribution in [0.25, 0.3) is 0 Å². The van der Waals surface area contributed by atoms with Crippen molar-refractivity contribution in [2.45, 2.75) is 20.4 Å². The molecular weight excluding hydrogens is 331 g/mol. The molecule has 1 heterocycles. The number of carbonyl (C=O) groups is 1. The van der Waals surface area contributed by atoms with Crippen molar-refractivity contribution in [2.24, 2.45) is 0 Å². The van der Waals surface area contributed by atoms with E-state index in [2.05, 4.69) is 5.32 Å². The Balaban J connectivity index is 1.81. The summed E-state index contributed by atoms with van der Waals surface area (Å²) < 4.78 is 14.4. The molecule has 0 atom stereocenters. The number of benzene rings is 2. The van der Waals surface area contributed by atoms with E-state index in [1.807, 2.05) is 32.0 Å². The van der Waals surface area contributed by atoms with Crippen molar-refractivity contribution in [3.05, 3.63) is 99.2 Å². The van der Waals surface area contributed by atoms with Gasteiger partial charge < -0.3 is 9.88 Å². The van der Waals surface area contributed by atoms with E-state index in [1.165, 1.54) is 35.0 Å². The van der Waals surface area contributed by atoms with Gasteiger partial charge in [-0.3, -0.25) is 9.59 Å².